The zero-order valence-electron chi connectivity index (χ0n) is 10.0. The van der Waals surface area contributed by atoms with Crippen molar-refractivity contribution in [2.24, 2.45) is 0 Å². The number of hydrogen-bond acceptors (Lipinski definition) is 4. The summed E-state index contributed by atoms with van der Waals surface area (Å²) in [6.45, 7) is 2.64. The monoisotopic (exact) mass is 263 g/mol. The fourth-order valence-electron chi connectivity index (χ4n) is 1.55. The second-order valence-corrected chi connectivity index (χ2v) is 4.34. The van der Waals surface area contributed by atoms with Gasteiger partial charge in [-0.25, -0.2) is 9.97 Å². The smallest absolute Gasteiger partial charge is 0.224 e. The van der Waals surface area contributed by atoms with Crippen LogP contribution in [0.5, 0.6) is 0 Å². The molecule has 0 saturated heterocycles. The Morgan fingerprint density at radius 2 is 1.89 bits per heavy atom. The van der Waals surface area contributed by atoms with Crippen molar-refractivity contribution in [3.63, 3.8) is 0 Å². The zero-order chi connectivity index (χ0) is 13.0. The molecule has 2 aromatic rings. The Morgan fingerprint density at radius 3 is 2.56 bits per heavy atom. The fourth-order valence-corrected chi connectivity index (χ4v) is 1.68. The largest absolute Gasteiger partial charge is 0.392 e. The van der Waals surface area contributed by atoms with Crippen molar-refractivity contribution in [1.29, 1.82) is 0 Å². The highest BCUT2D eigenvalue weighted by Crippen LogP contribution is 2.14. The highest BCUT2D eigenvalue weighted by atomic mass is 35.5. The molecule has 1 aromatic heterocycles. The number of anilines is 1. The van der Waals surface area contributed by atoms with E-state index in [0.29, 0.717) is 6.54 Å². The van der Waals surface area contributed by atoms with Crippen LogP contribution in [0.25, 0.3) is 0 Å². The summed E-state index contributed by atoms with van der Waals surface area (Å²) in [6, 6.07) is 7.74. The van der Waals surface area contributed by atoms with E-state index in [2.05, 4.69) is 15.3 Å². The van der Waals surface area contributed by atoms with Gasteiger partial charge in [-0.1, -0.05) is 24.3 Å². The predicted molar refractivity (Wildman–Crippen MR) is 71.5 cm³/mol. The third kappa shape index (κ3) is 3.18. The van der Waals surface area contributed by atoms with Gasteiger partial charge in [0.05, 0.1) is 6.61 Å². The SMILES string of the molecule is Cc1cnc(Cl)nc1NCc1ccc(CO)cc1. The first-order chi connectivity index (χ1) is 8.69. The summed E-state index contributed by atoms with van der Waals surface area (Å²) in [4.78, 5) is 8.03. The molecule has 0 amide bonds. The van der Waals surface area contributed by atoms with E-state index in [1.807, 2.05) is 31.2 Å². The quantitative estimate of drug-likeness (QED) is 0.833. The van der Waals surface area contributed by atoms with Crippen LogP contribution in [-0.2, 0) is 13.2 Å². The van der Waals surface area contributed by atoms with Crippen LogP contribution < -0.4 is 5.32 Å². The molecule has 94 valence electrons. The minimum atomic E-state index is 0.0638. The maximum Gasteiger partial charge on any atom is 0.224 e. The van der Waals surface area contributed by atoms with E-state index < -0.39 is 0 Å². The van der Waals surface area contributed by atoms with Gasteiger partial charge in [-0.2, -0.15) is 0 Å². The van der Waals surface area contributed by atoms with Gasteiger partial charge in [0.25, 0.3) is 0 Å². The Hall–Kier alpha value is -1.65. The molecule has 0 radical (unpaired) electrons. The van der Waals surface area contributed by atoms with E-state index in [0.717, 1.165) is 22.5 Å². The number of hydrogen-bond donors (Lipinski definition) is 2. The van der Waals surface area contributed by atoms with Crippen molar-refractivity contribution in [2.75, 3.05) is 5.32 Å². The lowest BCUT2D eigenvalue weighted by Gasteiger charge is -2.08. The summed E-state index contributed by atoms with van der Waals surface area (Å²) in [5.41, 5.74) is 2.97. The predicted octanol–water partition coefficient (Wildman–Crippen LogP) is 2.54. The lowest BCUT2D eigenvalue weighted by Crippen LogP contribution is -2.04. The van der Waals surface area contributed by atoms with Crippen molar-refractivity contribution >= 4 is 17.4 Å². The van der Waals surface area contributed by atoms with Crippen molar-refractivity contribution in [3.8, 4) is 0 Å². The summed E-state index contributed by atoms with van der Waals surface area (Å²) < 4.78 is 0. The normalized spacial score (nSPS) is 10.4. The van der Waals surface area contributed by atoms with E-state index >= 15 is 0 Å². The summed E-state index contributed by atoms with van der Waals surface area (Å²) in [7, 11) is 0. The molecule has 4 nitrogen and oxygen atoms in total. The number of rotatable bonds is 4. The van der Waals surface area contributed by atoms with Crippen LogP contribution in [0.4, 0.5) is 5.82 Å². The number of halogens is 1. The number of aliphatic hydroxyl groups excluding tert-OH is 1. The second kappa shape index (κ2) is 5.80. The number of aryl methyl sites for hydroxylation is 1. The Bertz CT molecular complexity index is 528. The maximum absolute atomic E-state index is 8.96. The van der Waals surface area contributed by atoms with Gasteiger partial charge in [-0.15, -0.1) is 0 Å². The first-order valence-corrected chi connectivity index (χ1v) is 5.98. The van der Waals surface area contributed by atoms with E-state index in [4.69, 9.17) is 16.7 Å². The van der Waals surface area contributed by atoms with Gasteiger partial charge >= 0.3 is 0 Å². The zero-order valence-corrected chi connectivity index (χ0v) is 10.8. The van der Waals surface area contributed by atoms with Crippen LogP contribution in [0.15, 0.2) is 30.5 Å². The van der Waals surface area contributed by atoms with E-state index in [-0.39, 0.29) is 11.9 Å². The van der Waals surface area contributed by atoms with Crippen molar-refractivity contribution in [2.45, 2.75) is 20.1 Å². The van der Waals surface area contributed by atoms with E-state index in [1.54, 1.807) is 6.20 Å². The molecule has 0 aliphatic carbocycles. The molecular formula is C13H14ClN3O. The number of nitrogens with one attached hydrogen (secondary N) is 1. The molecule has 1 heterocycles. The molecule has 18 heavy (non-hydrogen) atoms. The molecule has 0 bridgehead atoms. The minimum Gasteiger partial charge on any atom is -0.392 e. The minimum absolute atomic E-state index is 0.0638. The molecular weight excluding hydrogens is 250 g/mol. The highest BCUT2D eigenvalue weighted by Gasteiger charge is 2.02. The fraction of sp³-hybridized carbons (Fsp3) is 0.231. The van der Waals surface area contributed by atoms with E-state index in [9.17, 15) is 0 Å². The first-order valence-electron chi connectivity index (χ1n) is 5.60. The molecule has 0 aliphatic heterocycles. The molecule has 0 saturated carbocycles. The average molecular weight is 264 g/mol. The van der Waals surface area contributed by atoms with Gasteiger partial charge in [0.2, 0.25) is 5.28 Å². The molecule has 5 heteroatoms. The molecule has 2 N–H and O–H groups in total. The molecule has 2 rings (SSSR count). The Kier molecular flexibility index (Phi) is 4.12. The van der Waals surface area contributed by atoms with Crippen molar-refractivity contribution < 1.29 is 5.11 Å². The van der Waals surface area contributed by atoms with Gasteiger partial charge in [0, 0.05) is 18.3 Å². The van der Waals surface area contributed by atoms with Gasteiger partial charge < -0.3 is 10.4 Å². The third-order valence-corrected chi connectivity index (χ3v) is 2.79. The standard InChI is InChI=1S/C13H14ClN3O/c1-9-6-16-13(14)17-12(9)15-7-10-2-4-11(8-18)5-3-10/h2-6,18H,7-8H2,1H3,(H,15,16,17). The van der Waals surface area contributed by atoms with Crippen LogP contribution in [-0.4, -0.2) is 15.1 Å². The number of aliphatic hydroxyl groups is 1. The molecule has 0 aliphatic rings. The topological polar surface area (TPSA) is 58.0 Å². The van der Waals surface area contributed by atoms with E-state index in [1.165, 1.54) is 0 Å². The molecule has 0 spiro atoms. The lowest BCUT2D eigenvalue weighted by atomic mass is 10.1. The third-order valence-electron chi connectivity index (χ3n) is 2.61. The summed E-state index contributed by atoms with van der Waals surface area (Å²) >= 11 is 5.75. The number of benzene rings is 1. The Morgan fingerprint density at radius 1 is 1.22 bits per heavy atom. The van der Waals surface area contributed by atoms with Gasteiger partial charge in [-0.05, 0) is 29.7 Å². The Balaban J connectivity index is 2.04. The molecule has 0 atom stereocenters. The van der Waals surface area contributed by atoms with Crippen LogP contribution in [0.3, 0.4) is 0 Å². The van der Waals surface area contributed by atoms with Crippen LogP contribution in [0.2, 0.25) is 5.28 Å². The summed E-state index contributed by atoms with van der Waals surface area (Å²) in [5, 5.41) is 12.4. The van der Waals surface area contributed by atoms with Crippen LogP contribution >= 0.6 is 11.6 Å². The highest BCUT2D eigenvalue weighted by molar-refractivity contribution is 6.28. The van der Waals surface area contributed by atoms with Crippen LogP contribution in [0.1, 0.15) is 16.7 Å². The molecule has 0 fully saturated rings. The number of aromatic nitrogens is 2. The number of nitrogens with zero attached hydrogens (tertiary/aromatic N) is 2. The summed E-state index contributed by atoms with van der Waals surface area (Å²) in [5.74, 6) is 0.737. The van der Waals surface area contributed by atoms with Gasteiger partial charge in [0.1, 0.15) is 5.82 Å². The molecule has 0 unspecified atom stereocenters. The maximum atomic E-state index is 8.96. The lowest BCUT2D eigenvalue weighted by molar-refractivity contribution is 0.282. The summed E-state index contributed by atoms with van der Waals surface area (Å²) in [6.07, 6.45) is 1.69. The molecule has 1 aromatic carbocycles. The van der Waals surface area contributed by atoms with Gasteiger partial charge in [0.15, 0.2) is 0 Å². The van der Waals surface area contributed by atoms with Gasteiger partial charge in [-0.3, -0.25) is 0 Å². The first kappa shape index (κ1) is 12.8. The second-order valence-electron chi connectivity index (χ2n) is 4.00. The average Bonchev–Trinajstić information content (AvgIpc) is 2.40. The van der Waals surface area contributed by atoms with Crippen molar-refractivity contribution in [1.82, 2.24) is 9.97 Å². The van der Waals surface area contributed by atoms with Crippen LogP contribution in [0, 0.1) is 6.92 Å². The van der Waals surface area contributed by atoms with Crippen molar-refractivity contribution in [3.05, 3.63) is 52.4 Å². The Labute approximate surface area is 111 Å².